The van der Waals surface area contributed by atoms with Crippen molar-refractivity contribution in [1.29, 1.82) is 5.26 Å². The van der Waals surface area contributed by atoms with Crippen LogP contribution in [0.2, 0.25) is 0 Å². The molecule has 0 amide bonds. The van der Waals surface area contributed by atoms with E-state index in [2.05, 4.69) is 4.99 Å². The number of aliphatic imine (C=N–C) groups is 1. The first-order valence-electron chi connectivity index (χ1n) is 7.72. The normalized spacial score (nSPS) is 10.8. The van der Waals surface area contributed by atoms with Gasteiger partial charge in [0.15, 0.2) is 5.54 Å². The van der Waals surface area contributed by atoms with Gasteiger partial charge in [0.05, 0.1) is 11.6 Å². The molecule has 0 heterocycles. The Balaban J connectivity index is 3.15. The van der Waals surface area contributed by atoms with Crippen molar-refractivity contribution in [2.24, 2.45) is 4.99 Å². The Bertz CT molecular complexity index is 690. The third-order valence-electron chi connectivity index (χ3n) is 3.14. The van der Waals surface area contributed by atoms with Crippen LogP contribution in [0.15, 0.2) is 29.3 Å². The van der Waals surface area contributed by atoms with Crippen molar-refractivity contribution < 1.29 is 28.6 Å². The summed E-state index contributed by atoms with van der Waals surface area (Å²) in [6.07, 6.45) is 1.44. The highest BCUT2D eigenvalue weighted by Gasteiger charge is 2.34. The number of hydrogen-bond acceptors (Lipinski definition) is 8. The predicted octanol–water partition coefficient (Wildman–Crippen LogP) is 1.41. The summed E-state index contributed by atoms with van der Waals surface area (Å²) in [6.45, 7) is 2.92. The lowest BCUT2D eigenvalue weighted by atomic mass is 10.0. The summed E-state index contributed by atoms with van der Waals surface area (Å²) in [7, 11) is 0. The summed E-state index contributed by atoms with van der Waals surface area (Å²) in [5.41, 5.74) is -0.243. The van der Waals surface area contributed by atoms with Crippen LogP contribution in [-0.2, 0) is 28.6 Å². The molecule has 1 aromatic rings. The lowest BCUT2D eigenvalue weighted by Gasteiger charge is -2.27. The molecule has 0 unspecified atom stereocenters. The molecular weight excluding hydrogens is 340 g/mol. The van der Waals surface area contributed by atoms with E-state index in [1.807, 2.05) is 6.07 Å². The summed E-state index contributed by atoms with van der Waals surface area (Å²) >= 11 is 0. The maximum Gasteiger partial charge on any atom is 0.302 e. The summed E-state index contributed by atoms with van der Waals surface area (Å²) in [5, 5.41) is 8.96. The second-order valence-electron chi connectivity index (χ2n) is 5.56. The average Bonchev–Trinajstić information content (AvgIpc) is 2.60. The molecular formula is C18H20N2O6. The number of carbonyl (C=O) groups excluding carboxylic acids is 3. The summed E-state index contributed by atoms with van der Waals surface area (Å²) in [6, 6.07) is 8.67. The number of hydrogen-bond donors (Lipinski definition) is 0. The van der Waals surface area contributed by atoms with E-state index in [0.29, 0.717) is 11.1 Å². The van der Waals surface area contributed by atoms with Gasteiger partial charge in [-0.2, -0.15) is 5.26 Å². The quantitative estimate of drug-likeness (QED) is 0.391. The highest BCUT2D eigenvalue weighted by atomic mass is 16.6. The fourth-order valence-corrected chi connectivity index (χ4v) is 1.84. The molecule has 0 aliphatic rings. The zero-order valence-electron chi connectivity index (χ0n) is 14.9. The summed E-state index contributed by atoms with van der Waals surface area (Å²) in [5.74, 6) is -1.66. The first-order chi connectivity index (χ1) is 12.3. The van der Waals surface area contributed by atoms with Gasteiger partial charge in [-0.1, -0.05) is 12.1 Å². The first-order valence-corrected chi connectivity index (χ1v) is 7.72. The van der Waals surface area contributed by atoms with Crippen molar-refractivity contribution in [3.63, 3.8) is 0 Å². The number of benzene rings is 1. The van der Waals surface area contributed by atoms with E-state index in [4.69, 9.17) is 19.5 Å². The molecule has 0 fully saturated rings. The van der Waals surface area contributed by atoms with Gasteiger partial charge in [-0.05, 0) is 17.7 Å². The van der Waals surface area contributed by atoms with Gasteiger partial charge in [-0.25, -0.2) is 0 Å². The molecule has 0 atom stereocenters. The van der Waals surface area contributed by atoms with Crippen LogP contribution in [0.3, 0.4) is 0 Å². The van der Waals surface area contributed by atoms with E-state index in [9.17, 15) is 14.4 Å². The molecule has 0 aliphatic carbocycles. The molecule has 0 N–H and O–H groups in total. The smallest absolute Gasteiger partial charge is 0.302 e. The molecule has 1 rings (SSSR count). The topological polar surface area (TPSA) is 115 Å². The monoisotopic (exact) mass is 360 g/mol. The van der Waals surface area contributed by atoms with E-state index >= 15 is 0 Å². The van der Waals surface area contributed by atoms with Crippen LogP contribution in [0.4, 0.5) is 0 Å². The van der Waals surface area contributed by atoms with Crippen molar-refractivity contribution >= 4 is 24.1 Å². The van der Waals surface area contributed by atoms with Gasteiger partial charge in [-0.3, -0.25) is 19.4 Å². The van der Waals surface area contributed by atoms with Gasteiger partial charge in [0.25, 0.3) is 0 Å². The maximum atomic E-state index is 11.2. The molecule has 0 bridgehead atoms. The van der Waals surface area contributed by atoms with Crippen LogP contribution in [0.1, 0.15) is 31.9 Å². The highest BCUT2D eigenvalue weighted by molar-refractivity contribution is 5.80. The van der Waals surface area contributed by atoms with Crippen molar-refractivity contribution in [1.82, 2.24) is 0 Å². The second-order valence-corrected chi connectivity index (χ2v) is 5.56. The van der Waals surface area contributed by atoms with Crippen molar-refractivity contribution in [3.05, 3.63) is 35.4 Å². The molecule has 138 valence electrons. The largest absolute Gasteiger partial charge is 0.463 e. The standard InChI is InChI=1S/C18H20N2O6/c1-13(21)24-10-18(11-25-14(2)22,12-26-15(3)23)20-9-17-6-4-5-16(7-17)8-19/h4-7,9H,10-12H2,1-3H3. The van der Waals surface area contributed by atoms with E-state index in [-0.39, 0.29) is 19.8 Å². The van der Waals surface area contributed by atoms with Gasteiger partial charge in [-0.15, -0.1) is 0 Å². The Labute approximate surface area is 151 Å². The van der Waals surface area contributed by atoms with E-state index in [1.165, 1.54) is 27.0 Å². The number of rotatable bonds is 8. The van der Waals surface area contributed by atoms with Crippen LogP contribution in [0.5, 0.6) is 0 Å². The number of esters is 3. The Morgan fingerprint density at radius 1 is 1.04 bits per heavy atom. The van der Waals surface area contributed by atoms with Crippen LogP contribution >= 0.6 is 0 Å². The molecule has 8 nitrogen and oxygen atoms in total. The summed E-state index contributed by atoms with van der Waals surface area (Å²) in [4.78, 5) is 37.9. The minimum absolute atomic E-state index is 0.253. The van der Waals surface area contributed by atoms with Gasteiger partial charge in [0, 0.05) is 27.0 Å². The van der Waals surface area contributed by atoms with E-state index in [0.717, 1.165) is 0 Å². The predicted molar refractivity (Wildman–Crippen MR) is 91.4 cm³/mol. The Kier molecular flexibility index (Phi) is 7.96. The minimum Gasteiger partial charge on any atom is -0.463 e. The van der Waals surface area contributed by atoms with Crippen molar-refractivity contribution in [3.8, 4) is 6.07 Å². The van der Waals surface area contributed by atoms with Crippen LogP contribution in [0, 0.1) is 11.3 Å². The maximum absolute atomic E-state index is 11.2. The van der Waals surface area contributed by atoms with Crippen LogP contribution in [0.25, 0.3) is 0 Å². The fourth-order valence-electron chi connectivity index (χ4n) is 1.84. The number of nitrogens with zero attached hydrogens (tertiary/aromatic N) is 2. The molecule has 0 spiro atoms. The molecule has 8 heteroatoms. The third kappa shape index (κ3) is 7.57. The fraction of sp³-hybridized carbons (Fsp3) is 0.389. The third-order valence-corrected chi connectivity index (χ3v) is 3.14. The number of ether oxygens (including phenoxy) is 3. The summed E-state index contributed by atoms with van der Waals surface area (Å²) < 4.78 is 15.1. The highest BCUT2D eigenvalue weighted by Crippen LogP contribution is 2.16. The van der Waals surface area contributed by atoms with Crippen LogP contribution < -0.4 is 0 Å². The van der Waals surface area contributed by atoms with Gasteiger partial charge in [0.2, 0.25) is 0 Å². The first kappa shape index (κ1) is 20.8. The average molecular weight is 360 g/mol. The van der Waals surface area contributed by atoms with Crippen molar-refractivity contribution in [2.45, 2.75) is 26.3 Å². The number of carbonyl (C=O) groups is 3. The molecule has 0 aliphatic heterocycles. The van der Waals surface area contributed by atoms with Gasteiger partial charge >= 0.3 is 17.9 Å². The lowest BCUT2D eigenvalue weighted by Crippen LogP contribution is -2.44. The SMILES string of the molecule is CC(=O)OCC(COC(C)=O)(COC(C)=O)N=Cc1cccc(C#N)c1. The molecule has 0 radical (unpaired) electrons. The van der Waals surface area contributed by atoms with E-state index < -0.39 is 23.4 Å². The molecule has 26 heavy (non-hydrogen) atoms. The number of nitriles is 1. The Morgan fingerprint density at radius 3 is 1.96 bits per heavy atom. The van der Waals surface area contributed by atoms with E-state index in [1.54, 1.807) is 24.3 Å². The zero-order chi connectivity index (χ0) is 19.6. The van der Waals surface area contributed by atoms with Gasteiger partial charge < -0.3 is 14.2 Å². The second kappa shape index (κ2) is 9.93. The molecule has 0 saturated carbocycles. The van der Waals surface area contributed by atoms with Crippen LogP contribution in [-0.4, -0.2) is 49.5 Å². The molecule has 1 aromatic carbocycles. The van der Waals surface area contributed by atoms with Crippen molar-refractivity contribution in [2.75, 3.05) is 19.8 Å². The Hall–Kier alpha value is -3.21. The lowest BCUT2D eigenvalue weighted by molar-refractivity contribution is -0.152. The molecule has 0 saturated heterocycles. The van der Waals surface area contributed by atoms with Gasteiger partial charge in [0.1, 0.15) is 19.8 Å². The molecule has 0 aromatic heterocycles. The zero-order valence-corrected chi connectivity index (χ0v) is 14.9. The minimum atomic E-state index is -1.30. The Morgan fingerprint density at radius 2 is 1.54 bits per heavy atom.